The smallest absolute Gasteiger partial charge is 0.166 e. The van der Waals surface area contributed by atoms with E-state index in [1.54, 1.807) is 17.1 Å². The third kappa shape index (κ3) is 4.30. The van der Waals surface area contributed by atoms with Crippen LogP contribution in [0.15, 0.2) is 12.4 Å². The van der Waals surface area contributed by atoms with Crippen LogP contribution in [0.3, 0.4) is 0 Å². The highest BCUT2D eigenvalue weighted by Crippen LogP contribution is 2.21. The van der Waals surface area contributed by atoms with Crippen LogP contribution in [0.2, 0.25) is 0 Å². The fourth-order valence-corrected chi connectivity index (χ4v) is 2.05. The molecule has 1 aromatic rings. The maximum Gasteiger partial charge on any atom is 0.166 e. The molecular formula is C13H23N3O. The Kier molecular flexibility index (Phi) is 5.35. The predicted octanol–water partition coefficient (Wildman–Crippen LogP) is 2.00. The zero-order valence-electron chi connectivity index (χ0n) is 11.0. The number of aryl methyl sites for hydroxylation is 1. The number of hydrogen-bond donors (Lipinski definition) is 1. The van der Waals surface area contributed by atoms with Gasteiger partial charge >= 0.3 is 0 Å². The molecule has 0 aliphatic heterocycles. The quantitative estimate of drug-likeness (QED) is 0.738. The molecule has 96 valence electrons. The second-order valence-corrected chi connectivity index (χ2v) is 4.95. The summed E-state index contributed by atoms with van der Waals surface area (Å²) in [5.41, 5.74) is 6.30. The van der Waals surface area contributed by atoms with Crippen LogP contribution in [0.4, 0.5) is 0 Å². The lowest BCUT2D eigenvalue weighted by molar-refractivity contribution is 0.0969. The summed E-state index contributed by atoms with van der Waals surface area (Å²) in [6, 6.07) is 0. The minimum Gasteiger partial charge on any atom is -0.330 e. The van der Waals surface area contributed by atoms with Gasteiger partial charge in [0.25, 0.3) is 0 Å². The van der Waals surface area contributed by atoms with E-state index in [9.17, 15) is 4.79 Å². The second kappa shape index (κ2) is 6.55. The molecule has 0 spiro atoms. The van der Waals surface area contributed by atoms with Crippen molar-refractivity contribution in [3.63, 3.8) is 0 Å². The van der Waals surface area contributed by atoms with E-state index in [1.165, 1.54) is 0 Å². The first kappa shape index (κ1) is 13.9. The molecule has 4 nitrogen and oxygen atoms in total. The molecule has 0 aromatic carbocycles. The fourth-order valence-electron chi connectivity index (χ4n) is 2.05. The van der Waals surface area contributed by atoms with Gasteiger partial charge < -0.3 is 5.73 Å². The van der Waals surface area contributed by atoms with Crippen LogP contribution in [0, 0.1) is 11.8 Å². The summed E-state index contributed by atoms with van der Waals surface area (Å²) in [6.07, 6.45) is 5.92. The molecule has 0 radical (unpaired) electrons. The fraction of sp³-hybridized carbons (Fsp3) is 0.692. The van der Waals surface area contributed by atoms with E-state index in [0.29, 0.717) is 30.4 Å². The number of ketones is 1. The molecule has 0 amide bonds. The number of carbonyl (C=O) groups is 1. The van der Waals surface area contributed by atoms with E-state index in [1.807, 2.05) is 7.05 Å². The molecule has 0 aliphatic carbocycles. The monoisotopic (exact) mass is 237 g/mol. The van der Waals surface area contributed by atoms with Gasteiger partial charge in [-0.25, -0.2) is 0 Å². The molecule has 1 atom stereocenters. The zero-order chi connectivity index (χ0) is 12.8. The topological polar surface area (TPSA) is 60.9 Å². The van der Waals surface area contributed by atoms with Crippen molar-refractivity contribution in [1.82, 2.24) is 9.78 Å². The molecule has 0 aliphatic rings. The summed E-state index contributed by atoms with van der Waals surface area (Å²) in [5, 5.41) is 4.01. The molecule has 0 saturated carbocycles. The number of carbonyl (C=O) groups excluding carboxylic acids is 1. The maximum absolute atomic E-state index is 11.9. The van der Waals surface area contributed by atoms with Crippen molar-refractivity contribution >= 4 is 5.78 Å². The Balaban J connectivity index is 2.46. The summed E-state index contributed by atoms with van der Waals surface area (Å²) < 4.78 is 1.66. The molecular weight excluding hydrogens is 214 g/mol. The van der Waals surface area contributed by atoms with Crippen molar-refractivity contribution in [3.05, 3.63) is 18.0 Å². The first-order valence-corrected chi connectivity index (χ1v) is 6.26. The lowest BCUT2D eigenvalue weighted by Crippen LogP contribution is -2.15. The molecule has 4 heteroatoms. The van der Waals surface area contributed by atoms with Gasteiger partial charge in [0, 0.05) is 19.7 Å². The third-order valence-corrected chi connectivity index (χ3v) is 3.25. The normalized spacial score (nSPS) is 13.0. The lowest BCUT2D eigenvalue weighted by Gasteiger charge is -2.19. The van der Waals surface area contributed by atoms with Crippen LogP contribution >= 0.6 is 0 Å². The van der Waals surface area contributed by atoms with E-state index >= 15 is 0 Å². The van der Waals surface area contributed by atoms with Crippen molar-refractivity contribution in [2.75, 3.05) is 6.54 Å². The van der Waals surface area contributed by atoms with Gasteiger partial charge in [0.1, 0.15) is 0 Å². The number of hydrogen-bond acceptors (Lipinski definition) is 3. The van der Waals surface area contributed by atoms with Gasteiger partial charge in [-0.2, -0.15) is 5.10 Å². The van der Waals surface area contributed by atoms with Crippen molar-refractivity contribution in [1.29, 1.82) is 0 Å². The van der Waals surface area contributed by atoms with Gasteiger partial charge in [0.2, 0.25) is 0 Å². The molecule has 1 rings (SSSR count). The van der Waals surface area contributed by atoms with Crippen LogP contribution in [0.25, 0.3) is 0 Å². The van der Waals surface area contributed by atoms with Crippen molar-refractivity contribution in [2.24, 2.45) is 24.6 Å². The van der Waals surface area contributed by atoms with Gasteiger partial charge in [-0.3, -0.25) is 9.48 Å². The Morgan fingerprint density at radius 3 is 2.65 bits per heavy atom. The van der Waals surface area contributed by atoms with E-state index in [4.69, 9.17) is 5.73 Å². The van der Waals surface area contributed by atoms with Gasteiger partial charge in [-0.15, -0.1) is 0 Å². The summed E-state index contributed by atoms with van der Waals surface area (Å²) in [5.74, 6) is 1.31. The van der Waals surface area contributed by atoms with Gasteiger partial charge in [0.15, 0.2) is 5.78 Å². The summed E-state index contributed by atoms with van der Waals surface area (Å²) in [7, 11) is 1.82. The number of Topliss-reactive ketones (excluding diaryl/α,β-unsaturated/α-hetero) is 1. The number of nitrogens with two attached hydrogens (primary N) is 1. The number of aromatic nitrogens is 2. The molecule has 1 aromatic heterocycles. The summed E-state index contributed by atoms with van der Waals surface area (Å²) in [6.45, 7) is 5.08. The molecule has 0 bridgehead atoms. The Labute approximate surface area is 103 Å². The van der Waals surface area contributed by atoms with Gasteiger partial charge in [0.05, 0.1) is 11.8 Å². The van der Waals surface area contributed by atoms with E-state index in [2.05, 4.69) is 18.9 Å². The van der Waals surface area contributed by atoms with Gasteiger partial charge in [-0.05, 0) is 31.2 Å². The largest absolute Gasteiger partial charge is 0.330 e. The SMILES string of the molecule is CC(C)C(CCN)CCC(=O)c1cnn(C)c1. The molecule has 17 heavy (non-hydrogen) atoms. The number of nitrogens with zero attached hydrogens (tertiary/aromatic N) is 2. The van der Waals surface area contributed by atoms with Crippen LogP contribution in [-0.4, -0.2) is 22.1 Å². The maximum atomic E-state index is 11.9. The average molecular weight is 237 g/mol. The van der Waals surface area contributed by atoms with Crippen molar-refractivity contribution in [3.8, 4) is 0 Å². The lowest BCUT2D eigenvalue weighted by atomic mass is 9.87. The Morgan fingerprint density at radius 1 is 1.47 bits per heavy atom. The first-order chi connectivity index (χ1) is 8.04. The minimum absolute atomic E-state index is 0.181. The van der Waals surface area contributed by atoms with E-state index in [-0.39, 0.29) is 5.78 Å². The standard InChI is InChI=1S/C13H23N3O/c1-10(2)11(6-7-14)4-5-13(17)12-8-15-16(3)9-12/h8-11H,4-7,14H2,1-3H3. The Hall–Kier alpha value is -1.16. The van der Waals surface area contributed by atoms with E-state index in [0.717, 1.165) is 12.8 Å². The van der Waals surface area contributed by atoms with Crippen molar-refractivity contribution in [2.45, 2.75) is 33.1 Å². The van der Waals surface area contributed by atoms with Crippen LogP contribution in [0.5, 0.6) is 0 Å². The first-order valence-electron chi connectivity index (χ1n) is 6.26. The zero-order valence-corrected chi connectivity index (χ0v) is 11.0. The molecule has 1 unspecified atom stereocenters. The highest BCUT2D eigenvalue weighted by molar-refractivity contribution is 5.95. The average Bonchev–Trinajstić information content (AvgIpc) is 2.70. The predicted molar refractivity (Wildman–Crippen MR) is 68.8 cm³/mol. The Bertz CT molecular complexity index is 357. The molecule has 0 saturated heterocycles. The number of rotatable bonds is 7. The molecule has 1 heterocycles. The summed E-state index contributed by atoms with van der Waals surface area (Å²) >= 11 is 0. The highest BCUT2D eigenvalue weighted by atomic mass is 16.1. The minimum atomic E-state index is 0.181. The summed E-state index contributed by atoms with van der Waals surface area (Å²) in [4.78, 5) is 11.9. The van der Waals surface area contributed by atoms with Gasteiger partial charge in [-0.1, -0.05) is 13.8 Å². The second-order valence-electron chi connectivity index (χ2n) is 4.95. The highest BCUT2D eigenvalue weighted by Gasteiger charge is 2.15. The van der Waals surface area contributed by atoms with Crippen LogP contribution in [0.1, 0.15) is 43.5 Å². The third-order valence-electron chi connectivity index (χ3n) is 3.25. The molecule has 2 N–H and O–H groups in total. The van der Waals surface area contributed by atoms with E-state index < -0.39 is 0 Å². The molecule has 0 fully saturated rings. The van der Waals surface area contributed by atoms with Crippen LogP contribution in [-0.2, 0) is 7.05 Å². The Morgan fingerprint density at radius 2 is 2.18 bits per heavy atom. The van der Waals surface area contributed by atoms with Crippen molar-refractivity contribution < 1.29 is 4.79 Å². The van der Waals surface area contributed by atoms with Crippen LogP contribution < -0.4 is 5.73 Å².